The van der Waals surface area contributed by atoms with Gasteiger partial charge in [-0.3, -0.25) is 14.5 Å². The van der Waals surface area contributed by atoms with Crippen LogP contribution in [0.5, 0.6) is 5.75 Å². The zero-order valence-corrected chi connectivity index (χ0v) is 14.8. The van der Waals surface area contributed by atoms with Crippen molar-refractivity contribution in [1.82, 2.24) is 25.0 Å². The summed E-state index contributed by atoms with van der Waals surface area (Å²) in [6, 6.07) is 5.65. The molecular weight excluding hydrogens is 318 g/mol. The Kier molecular flexibility index (Phi) is 5.65. The molecule has 0 bridgehead atoms. The number of rotatable bonds is 6. The number of hydrogen-bond acceptors (Lipinski definition) is 5. The van der Waals surface area contributed by atoms with E-state index in [0.717, 1.165) is 36.6 Å². The fourth-order valence-corrected chi connectivity index (χ4v) is 3.05. The highest BCUT2D eigenvalue weighted by molar-refractivity contribution is 5.75. The third-order valence-corrected chi connectivity index (χ3v) is 4.52. The number of aromatic nitrogens is 3. The van der Waals surface area contributed by atoms with E-state index in [1.165, 1.54) is 6.42 Å². The summed E-state index contributed by atoms with van der Waals surface area (Å²) in [6.07, 6.45) is 5.90. The summed E-state index contributed by atoms with van der Waals surface area (Å²) in [5.41, 5.74) is 1.86. The number of carbonyl (C=O) groups is 1. The van der Waals surface area contributed by atoms with Gasteiger partial charge in [0.1, 0.15) is 12.3 Å². The van der Waals surface area contributed by atoms with E-state index in [9.17, 15) is 4.79 Å². The lowest BCUT2D eigenvalue weighted by atomic mass is 9.97. The van der Waals surface area contributed by atoms with Crippen molar-refractivity contribution in [3.63, 3.8) is 0 Å². The van der Waals surface area contributed by atoms with E-state index in [1.807, 2.05) is 18.3 Å². The molecule has 2 aromatic heterocycles. The molecule has 1 fully saturated rings. The molecule has 0 spiro atoms. The van der Waals surface area contributed by atoms with Gasteiger partial charge in [-0.05, 0) is 31.5 Å². The minimum atomic E-state index is 0.000962. The van der Waals surface area contributed by atoms with Crippen molar-refractivity contribution in [2.45, 2.75) is 31.8 Å². The lowest BCUT2D eigenvalue weighted by Crippen LogP contribution is -2.31. The second-order valence-corrected chi connectivity index (χ2v) is 6.42. The SMILES string of the molecule is COc1ccnc(CN(C)C(=O)Cn2ccc(C3CCCNC3)n2)c1. The van der Waals surface area contributed by atoms with Crippen LogP contribution in [0.4, 0.5) is 0 Å². The van der Waals surface area contributed by atoms with Crippen molar-refractivity contribution < 1.29 is 9.53 Å². The minimum Gasteiger partial charge on any atom is -0.497 e. The Bertz CT molecular complexity index is 709. The quantitative estimate of drug-likeness (QED) is 0.859. The van der Waals surface area contributed by atoms with Crippen LogP contribution >= 0.6 is 0 Å². The first-order valence-electron chi connectivity index (χ1n) is 8.62. The number of amides is 1. The summed E-state index contributed by atoms with van der Waals surface area (Å²) >= 11 is 0. The second kappa shape index (κ2) is 8.11. The van der Waals surface area contributed by atoms with Crippen molar-refractivity contribution in [3.8, 4) is 5.75 Å². The molecule has 1 unspecified atom stereocenters. The number of ether oxygens (including phenoxy) is 1. The Morgan fingerprint density at radius 1 is 1.48 bits per heavy atom. The molecule has 2 aromatic rings. The summed E-state index contributed by atoms with van der Waals surface area (Å²) < 4.78 is 6.91. The summed E-state index contributed by atoms with van der Waals surface area (Å²) in [4.78, 5) is 18.4. The number of piperidine rings is 1. The van der Waals surface area contributed by atoms with Crippen LogP contribution in [0.15, 0.2) is 30.6 Å². The molecule has 1 aliphatic rings. The molecule has 134 valence electrons. The van der Waals surface area contributed by atoms with Crippen LogP contribution in [-0.4, -0.2) is 52.8 Å². The van der Waals surface area contributed by atoms with Crippen molar-refractivity contribution in [1.29, 1.82) is 0 Å². The summed E-state index contributed by atoms with van der Waals surface area (Å²) in [5, 5.41) is 7.98. The average molecular weight is 343 g/mol. The van der Waals surface area contributed by atoms with E-state index < -0.39 is 0 Å². The Hall–Kier alpha value is -2.41. The largest absolute Gasteiger partial charge is 0.497 e. The predicted molar refractivity (Wildman–Crippen MR) is 94.3 cm³/mol. The predicted octanol–water partition coefficient (Wildman–Crippen LogP) is 1.41. The van der Waals surface area contributed by atoms with Gasteiger partial charge in [0.2, 0.25) is 5.91 Å². The standard InChI is InChI=1S/C18H25N5O2/c1-22(12-15-10-16(25-2)5-8-20-15)18(24)13-23-9-6-17(21-23)14-4-3-7-19-11-14/h5-6,8-10,14,19H,3-4,7,11-13H2,1-2H3. The molecule has 3 heterocycles. The number of hydrogen-bond donors (Lipinski definition) is 1. The van der Waals surface area contributed by atoms with Gasteiger partial charge < -0.3 is 15.0 Å². The molecule has 0 aromatic carbocycles. The lowest BCUT2D eigenvalue weighted by Gasteiger charge is -2.21. The molecular formula is C18H25N5O2. The molecule has 1 saturated heterocycles. The van der Waals surface area contributed by atoms with E-state index >= 15 is 0 Å². The van der Waals surface area contributed by atoms with E-state index in [-0.39, 0.29) is 12.5 Å². The van der Waals surface area contributed by atoms with Crippen LogP contribution in [0.25, 0.3) is 0 Å². The Morgan fingerprint density at radius 2 is 2.36 bits per heavy atom. The molecule has 7 heteroatoms. The van der Waals surface area contributed by atoms with Gasteiger partial charge in [-0.1, -0.05) is 0 Å². The Balaban J connectivity index is 1.56. The van der Waals surface area contributed by atoms with Crippen LogP contribution in [-0.2, 0) is 17.9 Å². The third kappa shape index (κ3) is 4.57. The first-order valence-corrected chi connectivity index (χ1v) is 8.62. The highest BCUT2D eigenvalue weighted by atomic mass is 16.5. The molecule has 7 nitrogen and oxygen atoms in total. The van der Waals surface area contributed by atoms with E-state index in [1.54, 1.807) is 36.0 Å². The maximum absolute atomic E-state index is 12.5. The monoisotopic (exact) mass is 343 g/mol. The molecule has 0 aliphatic carbocycles. The van der Waals surface area contributed by atoms with Crippen molar-refractivity contribution in [3.05, 3.63) is 42.0 Å². The fraction of sp³-hybridized carbons (Fsp3) is 0.500. The van der Waals surface area contributed by atoms with Gasteiger partial charge in [0.25, 0.3) is 0 Å². The zero-order chi connectivity index (χ0) is 17.6. The van der Waals surface area contributed by atoms with Gasteiger partial charge in [-0.15, -0.1) is 0 Å². The van der Waals surface area contributed by atoms with Gasteiger partial charge in [-0.2, -0.15) is 5.10 Å². The topological polar surface area (TPSA) is 72.3 Å². The second-order valence-electron chi connectivity index (χ2n) is 6.42. The van der Waals surface area contributed by atoms with Gasteiger partial charge in [0, 0.05) is 38.0 Å². The van der Waals surface area contributed by atoms with Crippen LogP contribution in [0.3, 0.4) is 0 Å². The molecule has 25 heavy (non-hydrogen) atoms. The van der Waals surface area contributed by atoms with Gasteiger partial charge in [0.05, 0.1) is 25.0 Å². The number of carbonyl (C=O) groups excluding carboxylic acids is 1. The van der Waals surface area contributed by atoms with E-state index in [2.05, 4.69) is 15.4 Å². The first kappa shape index (κ1) is 17.4. The van der Waals surface area contributed by atoms with Gasteiger partial charge >= 0.3 is 0 Å². The average Bonchev–Trinajstić information content (AvgIpc) is 3.11. The molecule has 0 radical (unpaired) electrons. The summed E-state index contributed by atoms with van der Waals surface area (Å²) in [7, 11) is 3.39. The first-order chi connectivity index (χ1) is 12.2. The number of likely N-dealkylation sites (N-methyl/N-ethyl adjacent to an activating group) is 1. The van der Waals surface area contributed by atoms with Crippen LogP contribution in [0.2, 0.25) is 0 Å². The van der Waals surface area contributed by atoms with E-state index in [4.69, 9.17) is 4.74 Å². The molecule has 1 amide bonds. The zero-order valence-electron chi connectivity index (χ0n) is 14.8. The molecule has 1 N–H and O–H groups in total. The number of nitrogens with one attached hydrogen (secondary N) is 1. The fourth-order valence-electron chi connectivity index (χ4n) is 3.05. The Morgan fingerprint density at radius 3 is 3.12 bits per heavy atom. The maximum Gasteiger partial charge on any atom is 0.244 e. The molecule has 1 atom stereocenters. The van der Waals surface area contributed by atoms with Crippen LogP contribution in [0.1, 0.15) is 30.1 Å². The highest BCUT2D eigenvalue weighted by Crippen LogP contribution is 2.21. The van der Waals surface area contributed by atoms with Crippen molar-refractivity contribution >= 4 is 5.91 Å². The minimum absolute atomic E-state index is 0.000962. The van der Waals surface area contributed by atoms with Crippen molar-refractivity contribution in [2.75, 3.05) is 27.2 Å². The lowest BCUT2D eigenvalue weighted by molar-refractivity contribution is -0.131. The maximum atomic E-state index is 12.5. The Labute approximate surface area is 148 Å². The smallest absolute Gasteiger partial charge is 0.244 e. The van der Waals surface area contributed by atoms with Crippen molar-refractivity contribution in [2.24, 2.45) is 0 Å². The summed E-state index contributed by atoms with van der Waals surface area (Å²) in [6.45, 7) is 2.72. The number of pyridine rings is 1. The number of methoxy groups -OCH3 is 1. The third-order valence-electron chi connectivity index (χ3n) is 4.52. The van der Waals surface area contributed by atoms with E-state index in [0.29, 0.717) is 12.5 Å². The summed E-state index contributed by atoms with van der Waals surface area (Å²) in [5.74, 6) is 1.19. The number of nitrogens with zero attached hydrogens (tertiary/aromatic N) is 4. The molecule has 3 rings (SSSR count). The van der Waals surface area contributed by atoms with Crippen LogP contribution < -0.4 is 10.1 Å². The van der Waals surface area contributed by atoms with Gasteiger partial charge in [0.15, 0.2) is 0 Å². The molecule has 1 aliphatic heterocycles. The normalized spacial score (nSPS) is 17.3. The molecule has 0 saturated carbocycles. The van der Waals surface area contributed by atoms with Gasteiger partial charge in [-0.25, -0.2) is 0 Å². The van der Waals surface area contributed by atoms with Crippen LogP contribution in [0, 0.1) is 0 Å². The highest BCUT2D eigenvalue weighted by Gasteiger charge is 2.18.